The highest BCUT2D eigenvalue weighted by Gasteiger charge is 2.30. The molecule has 1 atom stereocenters. The molecule has 0 aliphatic carbocycles. The van der Waals surface area contributed by atoms with Gasteiger partial charge >= 0.3 is 12.1 Å². The van der Waals surface area contributed by atoms with Gasteiger partial charge in [0.05, 0.1) is 17.2 Å². The number of benzene rings is 1. The molecule has 9 heteroatoms. The number of amides is 1. The van der Waals surface area contributed by atoms with Crippen LogP contribution in [0.25, 0.3) is 5.69 Å². The molecular formula is C17H18F3N3O3. The average molecular weight is 369 g/mol. The Morgan fingerprint density at radius 3 is 2.65 bits per heavy atom. The Labute approximate surface area is 147 Å². The molecule has 1 aromatic heterocycles. The third kappa shape index (κ3) is 4.84. The number of carboxylic acids is 1. The highest BCUT2D eigenvalue weighted by molar-refractivity contribution is 5.92. The van der Waals surface area contributed by atoms with Gasteiger partial charge in [0.1, 0.15) is 0 Å². The minimum absolute atomic E-state index is 0.0111. The highest BCUT2D eigenvalue weighted by atomic mass is 19.4. The second-order valence-corrected chi connectivity index (χ2v) is 5.73. The van der Waals surface area contributed by atoms with Crippen molar-refractivity contribution in [3.8, 4) is 5.69 Å². The van der Waals surface area contributed by atoms with Crippen molar-refractivity contribution in [2.45, 2.75) is 25.9 Å². The minimum atomic E-state index is -4.48. The van der Waals surface area contributed by atoms with Crippen LogP contribution >= 0.6 is 0 Å². The van der Waals surface area contributed by atoms with E-state index in [0.29, 0.717) is 12.8 Å². The molecule has 0 fully saturated rings. The summed E-state index contributed by atoms with van der Waals surface area (Å²) >= 11 is 0. The second-order valence-electron chi connectivity index (χ2n) is 5.73. The van der Waals surface area contributed by atoms with Crippen LogP contribution in [-0.2, 0) is 11.0 Å². The Kier molecular flexibility index (Phi) is 6.01. The van der Waals surface area contributed by atoms with Crippen molar-refractivity contribution < 1.29 is 27.9 Å². The number of nitrogens with zero attached hydrogens (tertiary/aromatic N) is 2. The van der Waals surface area contributed by atoms with E-state index in [4.69, 9.17) is 5.11 Å². The van der Waals surface area contributed by atoms with E-state index in [-0.39, 0.29) is 17.9 Å². The van der Waals surface area contributed by atoms with E-state index in [0.717, 1.165) is 16.8 Å². The van der Waals surface area contributed by atoms with Gasteiger partial charge in [-0.15, -0.1) is 0 Å². The molecule has 1 aromatic carbocycles. The second kappa shape index (κ2) is 8.03. The van der Waals surface area contributed by atoms with Crippen LogP contribution in [0.1, 0.15) is 35.8 Å². The number of halogens is 3. The normalized spacial score (nSPS) is 12.6. The minimum Gasteiger partial charge on any atom is -0.481 e. The van der Waals surface area contributed by atoms with Gasteiger partial charge in [0.25, 0.3) is 5.91 Å². The Morgan fingerprint density at radius 2 is 2.04 bits per heavy atom. The largest absolute Gasteiger partial charge is 0.481 e. The van der Waals surface area contributed by atoms with Crippen molar-refractivity contribution in [1.82, 2.24) is 15.1 Å². The van der Waals surface area contributed by atoms with Crippen LogP contribution in [0.15, 0.2) is 36.5 Å². The topological polar surface area (TPSA) is 84.2 Å². The number of alkyl halides is 3. The summed E-state index contributed by atoms with van der Waals surface area (Å²) in [6.45, 7) is 1.80. The summed E-state index contributed by atoms with van der Waals surface area (Å²) in [5, 5.41) is 15.5. The lowest BCUT2D eigenvalue weighted by atomic mass is 10.0. The summed E-state index contributed by atoms with van der Waals surface area (Å²) < 4.78 is 39.5. The monoisotopic (exact) mass is 369 g/mol. The van der Waals surface area contributed by atoms with Crippen LogP contribution < -0.4 is 5.32 Å². The molecule has 1 heterocycles. The van der Waals surface area contributed by atoms with Crippen molar-refractivity contribution in [2.24, 2.45) is 5.92 Å². The van der Waals surface area contributed by atoms with Gasteiger partial charge in [-0.25, -0.2) is 4.68 Å². The molecule has 1 unspecified atom stereocenters. The third-order valence-corrected chi connectivity index (χ3v) is 3.76. The van der Waals surface area contributed by atoms with E-state index in [1.54, 1.807) is 0 Å². The predicted octanol–water partition coefficient (Wildman–Crippen LogP) is 3.12. The van der Waals surface area contributed by atoms with E-state index < -0.39 is 29.5 Å². The molecule has 0 aliphatic rings. The quantitative estimate of drug-likeness (QED) is 0.785. The van der Waals surface area contributed by atoms with Gasteiger partial charge in [-0.05, 0) is 30.7 Å². The zero-order valence-electron chi connectivity index (χ0n) is 14.0. The maximum absolute atomic E-state index is 12.8. The molecule has 0 saturated carbocycles. The number of hydrogen-bond donors (Lipinski definition) is 2. The average Bonchev–Trinajstić information content (AvgIpc) is 3.07. The van der Waals surface area contributed by atoms with Gasteiger partial charge in [-0.2, -0.15) is 18.3 Å². The van der Waals surface area contributed by atoms with Crippen LogP contribution in [0.5, 0.6) is 0 Å². The summed E-state index contributed by atoms with van der Waals surface area (Å²) in [6.07, 6.45) is -2.02. The van der Waals surface area contributed by atoms with E-state index >= 15 is 0 Å². The van der Waals surface area contributed by atoms with Gasteiger partial charge in [0.15, 0.2) is 5.69 Å². The van der Waals surface area contributed by atoms with Gasteiger partial charge in [0.2, 0.25) is 0 Å². The Hall–Kier alpha value is -2.84. The van der Waals surface area contributed by atoms with Crippen LogP contribution in [0.4, 0.5) is 13.2 Å². The molecule has 6 nitrogen and oxygen atoms in total. The highest BCUT2D eigenvalue weighted by Crippen LogP contribution is 2.30. The molecule has 0 aliphatic heterocycles. The van der Waals surface area contributed by atoms with Crippen LogP contribution in [-0.4, -0.2) is 33.3 Å². The lowest BCUT2D eigenvalue weighted by molar-refractivity contribution is -0.141. The fourth-order valence-electron chi connectivity index (χ4n) is 2.38. The first-order chi connectivity index (χ1) is 12.2. The van der Waals surface area contributed by atoms with Crippen LogP contribution in [0.3, 0.4) is 0 Å². The number of aliphatic carboxylic acids is 1. The first kappa shape index (κ1) is 19.5. The Morgan fingerprint density at radius 1 is 1.31 bits per heavy atom. The molecule has 2 rings (SSSR count). The molecule has 0 saturated heterocycles. The first-order valence-electron chi connectivity index (χ1n) is 7.96. The SMILES string of the molecule is CCCC(CNC(=O)c1ccn(-c2cccc(C(F)(F)F)c2)n1)C(=O)O. The van der Waals surface area contributed by atoms with Gasteiger partial charge in [0, 0.05) is 12.7 Å². The summed E-state index contributed by atoms with van der Waals surface area (Å²) in [5.74, 6) is -2.28. The van der Waals surface area contributed by atoms with E-state index in [1.165, 1.54) is 24.4 Å². The third-order valence-electron chi connectivity index (χ3n) is 3.76. The Bertz CT molecular complexity index is 787. The van der Waals surface area contributed by atoms with Crippen molar-refractivity contribution in [3.05, 3.63) is 47.8 Å². The molecule has 0 spiro atoms. The first-order valence-corrected chi connectivity index (χ1v) is 7.96. The van der Waals surface area contributed by atoms with Crippen LogP contribution in [0.2, 0.25) is 0 Å². The zero-order chi connectivity index (χ0) is 19.3. The predicted molar refractivity (Wildman–Crippen MR) is 86.9 cm³/mol. The molecule has 1 amide bonds. The number of rotatable bonds is 7. The summed E-state index contributed by atoms with van der Waals surface area (Å²) in [4.78, 5) is 23.2. The fraction of sp³-hybridized carbons (Fsp3) is 0.353. The lowest BCUT2D eigenvalue weighted by Crippen LogP contribution is -2.33. The number of nitrogens with one attached hydrogen (secondary N) is 1. The number of carboxylic acid groups (broad SMARTS) is 1. The maximum atomic E-state index is 12.8. The van der Waals surface area contributed by atoms with Crippen molar-refractivity contribution in [2.75, 3.05) is 6.54 Å². The Balaban J connectivity index is 2.10. The van der Waals surface area contributed by atoms with E-state index in [2.05, 4.69) is 10.4 Å². The van der Waals surface area contributed by atoms with Gasteiger partial charge < -0.3 is 10.4 Å². The molecule has 140 valence electrons. The number of hydrogen-bond acceptors (Lipinski definition) is 3. The molecule has 2 aromatic rings. The summed E-state index contributed by atoms with van der Waals surface area (Å²) in [5.41, 5.74) is -0.670. The van der Waals surface area contributed by atoms with E-state index in [1.807, 2.05) is 6.92 Å². The van der Waals surface area contributed by atoms with Crippen molar-refractivity contribution in [1.29, 1.82) is 0 Å². The fourth-order valence-corrected chi connectivity index (χ4v) is 2.38. The van der Waals surface area contributed by atoms with Gasteiger partial charge in [-0.1, -0.05) is 19.4 Å². The van der Waals surface area contributed by atoms with Gasteiger partial charge in [-0.3, -0.25) is 9.59 Å². The summed E-state index contributed by atoms with van der Waals surface area (Å²) in [7, 11) is 0. The standard InChI is InChI=1S/C17H18F3N3O3/c1-2-4-11(16(25)26)10-21-15(24)14-7-8-23(22-14)13-6-3-5-12(9-13)17(18,19)20/h3,5-9,11H,2,4,10H2,1H3,(H,21,24)(H,25,26). The van der Waals surface area contributed by atoms with Crippen molar-refractivity contribution in [3.63, 3.8) is 0 Å². The molecular weight excluding hydrogens is 351 g/mol. The summed E-state index contributed by atoms with van der Waals surface area (Å²) in [6, 6.07) is 5.91. The number of aromatic nitrogens is 2. The van der Waals surface area contributed by atoms with Crippen molar-refractivity contribution >= 4 is 11.9 Å². The zero-order valence-corrected chi connectivity index (χ0v) is 14.0. The lowest BCUT2D eigenvalue weighted by Gasteiger charge is -2.11. The molecule has 0 radical (unpaired) electrons. The molecule has 0 bridgehead atoms. The number of carbonyl (C=O) groups excluding carboxylic acids is 1. The van der Waals surface area contributed by atoms with Crippen LogP contribution in [0, 0.1) is 5.92 Å². The van der Waals surface area contributed by atoms with E-state index in [9.17, 15) is 22.8 Å². The molecule has 26 heavy (non-hydrogen) atoms. The molecule has 2 N–H and O–H groups in total. The smallest absolute Gasteiger partial charge is 0.416 e. The maximum Gasteiger partial charge on any atom is 0.416 e. The number of carbonyl (C=O) groups is 2.